The number of benzene rings is 1. The van der Waals surface area contributed by atoms with Crippen LogP contribution in [0, 0.1) is 0 Å². The number of rotatable bonds is 5. The second-order valence-electron chi connectivity index (χ2n) is 4.20. The van der Waals surface area contributed by atoms with Crippen LogP contribution in [0.1, 0.15) is 13.3 Å². The standard InChI is InChI=1S/C14H19N3O/c1-3-10(9-15)17-14-12-5-4-6-13(18-2)11(12)7-8-16-14/h4-8,10H,3,9,15H2,1-2H3,(H,16,17). The molecule has 1 unspecified atom stereocenters. The maximum atomic E-state index is 5.72. The molecule has 96 valence electrons. The number of nitrogens with zero attached hydrogens (tertiary/aromatic N) is 1. The monoisotopic (exact) mass is 245 g/mol. The third kappa shape index (κ3) is 2.38. The summed E-state index contributed by atoms with van der Waals surface area (Å²) in [7, 11) is 1.68. The highest BCUT2D eigenvalue weighted by molar-refractivity contribution is 5.95. The van der Waals surface area contributed by atoms with E-state index in [-0.39, 0.29) is 6.04 Å². The molecule has 0 spiro atoms. The highest BCUT2D eigenvalue weighted by atomic mass is 16.5. The van der Waals surface area contributed by atoms with Crippen molar-refractivity contribution in [1.82, 2.24) is 4.98 Å². The zero-order chi connectivity index (χ0) is 13.0. The van der Waals surface area contributed by atoms with Crippen LogP contribution in [-0.4, -0.2) is 24.7 Å². The van der Waals surface area contributed by atoms with E-state index < -0.39 is 0 Å². The van der Waals surface area contributed by atoms with Gasteiger partial charge in [-0.05, 0) is 18.6 Å². The third-order valence-corrected chi connectivity index (χ3v) is 3.10. The van der Waals surface area contributed by atoms with Gasteiger partial charge in [-0.15, -0.1) is 0 Å². The van der Waals surface area contributed by atoms with Crippen molar-refractivity contribution in [2.75, 3.05) is 19.0 Å². The molecule has 0 bridgehead atoms. The molecule has 0 aliphatic carbocycles. The molecule has 2 aromatic rings. The second-order valence-corrected chi connectivity index (χ2v) is 4.20. The molecular formula is C14H19N3O. The molecule has 1 atom stereocenters. The molecule has 18 heavy (non-hydrogen) atoms. The lowest BCUT2D eigenvalue weighted by molar-refractivity contribution is 0.420. The number of anilines is 1. The number of hydrogen-bond acceptors (Lipinski definition) is 4. The molecule has 2 rings (SSSR count). The minimum Gasteiger partial charge on any atom is -0.496 e. The fraction of sp³-hybridized carbons (Fsp3) is 0.357. The van der Waals surface area contributed by atoms with Gasteiger partial charge in [0.1, 0.15) is 11.6 Å². The first kappa shape index (κ1) is 12.6. The molecule has 3 N–H and O–H groups in total. The molecule has 0 aliphatic rings. The normalized spacial score (nSPS) is 12.4. The molecule has 0 amide bonds. The van der Waals surface area contributed by atoms with Crippen molar-refractivity contribution in [3.63, 3.8) is 0 Å². The van der Waals surface area contributed by atoms with E-state index in [4.69, 9.17) is 10.5 Å². The molecule has 0 saturated carbocycles. The zero-order valence-electron chi connectivity index (χ0n) is 10.8. The number of fused-ring (bicyclic) bond motifs is 1. The molecule has 0 aliphatic heterocycles. The van der Waals surface area contributed by atoms with Gasteiger partial charge < -0.3 is 15.8 Å². The summed E-state index contributed by atoms with van der Waals surface area (Å²) in [6.07, 6.45) is 2.76. The van der Waals surface area contributed by atoms with Gasteiger partial charge in [0.15, 0.2) is 0 Å². The summed E-state index contributed by atoms with van der Waals surface area (Å²) < 4.78 is 5.36. The first-order valence-corrected chi connectivity index (χ1v) is 6.18. The van der Waals surface area contributed by atoms with Crippen LogP contribution in [0.2, 0.25) is 0 Å². The first-order chi connectivity index (χ1) is 8.80. The van der Waals surface area contributed by atoms with E-state index in [9.17, 15) is 0 Å². The lowest BCUT2D eigenvalue weighted by atomic mass is 10.1. The Bertz CT molecular complexity index is 523. The lowest BCUT2D eigenvalue weighted by Gasteiger charge is -2.17. The highest BCUT2D eigenvalue weighted by Gasteiger charge is 2.09. The van der Waals surface area contributed by atoms with Crippen LogP contribution in [0.5, 0.6) is 5.75 Å². The van der Waals surface area contributed by atoms with Crippen molar-refractivity contribution in [2.45, 2.75) is 19.4 Å². The largest absolute Gasteiger partial charge is 0.496 e. The summed E-state index contributed by atoms with van der Waals surface area (Å²) >= 11 is 0. The highest BCUT2D eigenvalue weighted by Crippen LogP contribution is 2.29. The molecule has 0 saturated heterocycles. The van der Waals surface area contributed by atoms with Gasteiger partial charge in [-0.2, -0.15) is 0 Å². The number of nitrogens with two attached hydrogens (primary N) is 1. The molecule has 1 aromatic carbocycles. The third-order valence-electron chi connectivity index (χ3n) is 3.10. The van der Waals surface area contributed by atoms with Gasteiger partial charge in [-0.25, -0.2) is 4.98 Å². The predicted molar refractivity (Wildman–Crippen MR) is 75.1 cm³/mol. The van der Waals surface area contributed by atoms with E-state index in [2.05, 4.69) is 17.2 Å². The number of hydrogen-bond donors (Lipinski definition) is 2. The van der Waals surface area contributed by atoms with Gasteiger partial charge in [0, 0.05) is 29.6 Å². The molecule has 4 heteroatoms. The van der Waals surface area contributed by atoms with Crippen LogP contribution in [0.3, 0.4) is 0 Å². The fourth-order valence-corrected chi connectivity index (χ4v) is 1.99. The van der Waals surface area contributed by atoms with Crippen LogP contribution < -0.4 is 15.8 Å². The van der Waals surface area contributed by atoms with Crippen LogP contribution in [-0.2, 0) is 0 Å². The summed E-state index contributed by atoms with van der Waals surface area (Å²) in [5.74, 6) is 1.72. The Hall–Kier alpha value is -1.81. The van der Waals surface area contributed by atoms with Gasteiger partial charge >= 0.3 is 0 Å². The number of methoxy groups -OCH3 is 1. The number of ether oxygens (including phenoxy) is 1. The summed E-state index contributed by atoms with van der Waals surface area (Å²) in [6.45, 7) is 2.70. The van der Waals surface area contributed by atoms with E-state index >= 15 is 0 Å². The van der Waals surface area contributed by atoms with Crippen LogP contribution >= 0.6 is 0 Å². The Balaban J connectivity index is 2.45. The molecule has 0 fully saturated rings. The first-order valence-electron chi connectivity index (χ1n) is 6.18. The quantitative estimate of drug-likeness (QED) is 0.849. The van der Waals surface area contributed by atoms with E-state index in [1.807, 2.05) is 24.3 Å². The van der Waals surface area contributed by atoms with Crippen molar-refractivity contribution in [3.05, 3.63) is 30.5 Å². The Labute approximate surface area is 107 Å². The molecular weight excluding hydrogens is 226 g/mol. The minimum atomic E-state index is 0.245. The summed E-state index contributed by atoms with van der Waals surface area (Å²) in [5.41, 5.74) is 5.72. The van der Waals surface area contributed by atoms with Crippen molar-refractivity contribution < 1.29 is 4.74 Å². The minimum absolute atomic E-state index is 0.245. The van der Waals surface area contributed by atoms with Gasteiger partial charge in [-0.3, -0.25) is 0 Å². The fourth-order valence-electron chi connectivity index (χ4n) is 1.99. The Morgan fingerprint density at radius 2 is 2.17 bits per heavy atom. The molecule has 0 radical (unpaired) electrons. The number of nitrogens with one attached hydrogen (secondary N) is 1. The van der Waals surface area contributed by atoms with Crippen molar-refractivity contribution >= 4 is 16.6 Å². The Morgan fingerprint density at radius 3 is 2.83 bits per heavy atom. The van der Waals surface area contributed by atoms with E-state index in [0.29, 0.717) is 6.54 Å². The SMILES string of the molecule is CCC(CN)Nc1nccc2c(OC)cccc12. The predicted octanol–water partition coefficient (Wildman–Crippen LogP) is 2.39. The lowest BCUT2D eigenvalue weighted by Crippen LogP contribution is -2.28. The summed E-state index contributed by atoms with van der Waals surface area (Å²) in [4.78, 5) is 4.40. The van der Waals surface area contributed by atoms with Crippen LogP contribution in [0.4, 0.5) is 5.82 Å². The molecule has 1 aromatic heterocycles. The van der Waals surface area contributed by atoms with Gasteiger partial charge in [0.2, 0.25) is 0 Å². The summed E-state index contributed by atoms with van der Waals surface area (Å²) in [5, 5.41) is 5.50. The number of pyridine rings is 1. The van der Waals surface area contributed by atoms with Gasteiger partial charge in [0.05, 0.1) is 7.11 Å². The average Bonchev–Trinajstić information content (AvgIpc) is 2.44. The van der Waals surface area contributed by atoms with Crippen molar-refractivity contribution in [2.24, 2.45) is 5.73 Å². The maximum absolute atomic E-state index is 5.72. The smallest absolute Gasteiger partial charge is 0.134 e. The van der Waals surface area contributed by atoms with E-state index in [1.165, 1.54) is 0 Å². The van der Waals surface area contributed by atoms with E-state index in [0.717, 1.165) is 28.8 Å². The van der Waals surface area contributed by atoms with Gasteiger partial charge in [0.25, 0.3) is 0 Å². The van der Waals surface area contributed by atoms with Gasteiger partial charge in [-0.1, -0.05) is 19.1 Å². The average molecular weight is 245 g/mol. The zero-order valence-corrected chi connectivity index (χ0v) is 10.8. The van der Waals surface area contributed by atoms with E-state index in [1.54, 1.807) is 13.3 Å². The van der Waals surface area contributed by atoms with Crippen LogP contribution in [0.25, 0.3) is 10.8 Å². The topological polar surface area (TPSA) is 60.2 Å². The van der Waals surface area contributed by atoms with Crippen LogP contribution in [0.15, 0.2) is 30.5 Å². The van der Waals surface area contributed by atoms with Crippen molar-refractivity contribution in [3.8, 4) is 5.75 Å². The summed E-state index contributed by atoms with van der Waals surface area (Å²) in [6, 6.07) is 8.16. The second kappa shape index (κ2) is 5.69. The van der Waals surface area contributed by atoms with Crippen molar-refractivity contribution in [1.29, 1.82) is 0 Å². The molecule has 1 heterocycles. The Morgan fingerprint density at radius 1 is 1.33 bits per heavy atom. The Kier molecular flexibility index (Phi) is 3.99. The number of aromatic nitrogens is 1. The maximum Gasteiger partial charge on any atom is 0.134 e. The molecule has 4 nitrogen and oxygen atoms in total.